The summed E-state index contributed by atoms with van der Waals surface area (Å²) in [6, 6.07) is 4.67. The predicted octanol–water partition coefficient (Wildman–Crippen LogP) is 2.73. The lowest BCUT2D eigenvalue weighted by Crippen LogP contribution is -2.57. The quantitative estimate of drug-likeness (QED) is 0.479. The number of halogens is 3. The summed E-state index contributed by atoms with van der Waals surface area (Å²) in [4.78, 5) is 28.3. The van der Waals surface area contributed by atoms with Gasteiger partial charge >= 0.3 is 6.18 Å². The lowest BCUT2D eigenvalue weighted by Gasteiger charge is -2.42. The molecule has 196 valence electrons. The van der Waals surface area contributed by atoms with Crippen LogP contribution in [0.1, 0.15) is 63.6 Å². The molecule has 0 radical (unpaired) electrons. The van der Waals surface area contributed by atoms with E-state index in [4.69, 9.17) is 5.73 Å². The molecule has 2 aliphatic rings. The first-order valence-electron chi connectivity index (χ1n) is 12.4. The molecule has 1 aromatic rings. The van der Waals surface area contributed by atoms with Crippen LogP contribution in [0.2, 0.25) is 0 Å². The Morgan fingerprint density at radius 1 is 1.20 bits per heavy atom. The van der Waals surface area contributed by atoms with Gasteiger partial charge in [-0.05, 0) is 56.1 Å². The second-order valence-corrected chi connectivity index (χ2v) is 10.1. The van der Waals surface area contributed by atoms with Crippen LogP contribution in [0.3, 0.4) is 0 Å². The van der Waals surface area contributed by atoms with Gasteiger partial charge in [0.25, 0.3) is 0 Å². The van der Waals surface area contributed by atoms with Crippen LogP contribution in [-0.2, 0) is 16.0 Å². The number of hydrogen-bond acceptors (Lipinski definition) is 5. The zero-order chi connectivity index (χ0) is 25.9. The Hall–Kier alpha value is -2.17. The van der Waals surface area contributed by atoms with Crippen molar-refractivity contribution in [3.05, 3.63) is 35.4 Å². The summed E-state index contributed by atoms with van der Waals surface area (Å²) in [7, 11) is 0. The van der Waals surface area contributed by atoms with Crippen LogP contribution in [0.4, 0.5) is 13.2 Å². The molecule has 3 rings (SSSR count). The highest BCUT2D eigenvalue weighted by atomic mass is 19.4. The fourth-order valence-electron chi connectivity index (χ4n) is 5.19. The Morgan fingerprint density at radius 3 is 2.51 bits per heavy atom. The number of fused-ring (bicyclic) bond motifs is 1. The van der Waals surface area contributed by atoms with Gasteiger partial charge in [-0.3, -0.25) is 14.5 Å². The summed E-state index contributed by atoms with van der Waals surface area (Å²) in [5.74, 6) is -1.02. The van der Waals surface area contributed by atoms with Gasteiger partial charge in [-0.25, -0.2) is 0 Å². The van der Waals surface area contributed by atoms with E-state index in [1.54, 1.807) is 24.8 Å². The van der Waals surface area contributed by atoms with Crippen molar-refractivity contribution < 1.29 is 27.9 Å². The van der Waals surface area contributed by atoms with Gasteiger partial charge in [0.15, 0.2) is 0 Å². The van der Waals surface area contributed by atoms with Gasteiger partial charge in [0.1, 0.15) is 6.04 Å². The van der Waals surface area contributed by atoms with E-state index in [-0.39, 0.29) is 18.4 Å². The SMILES string of the molecule is CC(C)[C@H](NC(=O)[C@H](C)N)C(=O)N1CCC[C@H]1CN(C(O)C(F)(F)F)[C@@H]1CCCc2ccccc21. The van der Waals surface area contributed by atoms with Crippen molar-refractivity contribution in [2.45, 2.75) is 89.4 Å². The zero-order valence-corrected chi connectivity index (χ0v) is 20.6. The maximum Gasteiger partial charge on any atom is 0.428 e. The smallest absolute Gasteiger partial charge is 0.370 e. The number of aryl methyl sites for hydroxylation is 1. The maximum absolute atomic E-state index is 13.8. The van der Waals surface area contributed by atoms with E-state index in [2.05, 4.69) is 5.32 Å². The number of carbonyl (C=O) groups excluding carboxylic acids is 2. The molecule has 35 heavy (non-hydrogen) atoms. The number of nitrogens with two attached hydrogens (primary N) is 1. The van der Waals surface area contributed by atoms with E-state index in [1.165, 1.54) is 6.92 Å². The van der Waals surface area contributed by atoms with Gasteiger partial charge in [0, 0.05) is 25.2 Å². The Balaban J connectivity index is 1.87. The molecule has 0 saturated carbocycles. The number of aliphatic hydroxyl groups excluding tert-OH is 1. The molecule has 1 fully saturated rings. The normalized spacial score (nSPS) is 23.2. The molecule has 0 bridgehead atoms. The van der Waals surface area contributed by atoms with E-state index in [1.807, 2.05) is 18.2 Å². The van der Waals surface area contributed by atoms with Crippen LogP contribution in [0.15, 0.2) is 24.3 Å². The molecule has 0 spiro atoms. The van der Waals surface area contributed by atoms with Crippen LogP contribution in [-0.4, -0.2) is 70.3 Å². The summed E-state index contributed by atoms with van der Waals surface area (Å²) in [6.45, 7) is 5.39. The number of rotatable bonds is 8. The molecule has 2 amide bonds. The first-order valence-corrected chi connectivity index (χ1v) is 12.4. The third-order valence-corrected chi connectivity index (χ3v) is 7.07. The molecule has 0 aromatic heterocycles. The first-order chi connectivity index (χ1) is 16.4. The number of aliphatic hydroxyl groups is 1. The Labute approximate surface area is 204 Å². The van der Waals surface area contributed by atoms with Crippen LogP contribution in [0, 0.1) is 5.92 Å². The van der Waals surface area contributed by atoms with E-state index in [0.717, 1.165) is 28.9 Å². The van der Waals surface area contributed by atoms with Crippen molar-refractivity contribution in [2.24, 2.45) is 11.7 Å². The third-order valence-electron chi connectivity index (χ3n) is 7.07. The third kappa shape index (κ3) is 6.34. The second-order valence-electron chi connectivity index (χ2n) is 10.1. The summed E-state index contributed by atoms with van der Waals surface area (Å²) >= 11 is 0. The summed E-state index contributed by atoms with van der Waals surface area (Å²) in [6.07, 6.45) is -4.32. The van der Waals surface area contributed by atoms with Gasteiger partial charge in [-0.15, -0.1) is 0 Å². The lowest BCUT2D eigenvalue weighted by atomic mass is 9.86. The fourth-order valence-corrected chi connectivity index (χ4v) is 5.19. The number of nitrogens with zero attached hydrogens (tertiary/aromatic N) is 2. The summed E-state index contributed by atoms with van der Waals surface area (Å²) in [5.41, 5.74) is 7.43. The number of carbonyl (C=O) groups is 2. The Bertz CT molecular complexity index is 893. The number of nitrogens with one attached hydrogen (secondary N) is 1. The molecule has 5 atom stereocenters. The van der Waals surface area contributed by atoms with Gasteiger partial charge in [-0.2, -0.15) is 13.2 Å². The van der Waals surface area contributed by atoms with Crippen molar-refractivity contribution in [3.63, 3.8) is 0 Å². The van der Waals surface area contributed by atoms with Crippen molar-refractivity contribution in [1.82, 2.24) is 15.1 Å². The van der Waals surface area contributed by atoms with E-state index >= 15 is 0 Å². The summed E-state index contributed by atoms with van der Waals surface area (Å²) in [5, 5.41) is 13.1. The summed E-state index contributed by atoms with van der Waals surface area (Å²) < 4.78 is 41.3. The number of alkyl halides is 3. The van der Waals surface area contributed by atoms with E-state index in [9.17, 15) is 27.9 Å². The minimum atomic E-state index is -4.83. The van der Waals surface area contributed by atoms with E-state index in [0.29, 0.717) is 25.8 Å². The Kier molecular flexibility index (Phi) is 8.82. The monoisotopic (exact) mass is 498 g/mol. The van der Waals surface area contributed by atoms with Crippen molar-refractivity contribution in [1.29, 1.82) is 0 Å². The second kappa shape index (κ2) is 11.3. The number of hydrogen-bond donors (Lipinski definition) is 3. The minimum absolute atomic E-state index is 0.114. The highest BCUT2D eigenvalue weighted by Crippen LogP contribution is 2.39. The molecule has 1 saturated heterocycles. The standard InChI is InChI=1S/C25H37F3N4O3/c1-15(2)21(30-22(33)16(3)29)23(34)31-13-7-10-18(31)14-32(24(35)25(26,27)28)20-12-6-9-17-8-4-5-11-19(17)20/h4-5,8,11,15-16,18,20-21,24,35H,6-7,9-10,12-14,29H2,1-3H3,(H,30,33)/t16-,18-,20+,21-,24?/m0/s1. The average Bonchev–Trinajstić information content (AvgIpc) is 3.27. The largest absolute Gasteiger partial charge is 0.428 e. The molecular formula is C25H37F3N4O3. The van der Waals surface area contributed by atoms with Crippen LogP contribution < -0.4 is 11.1 Å². The number of amides is 2. The highest BCUT2D eigenvalue weighted by Gasteiger charge is 2.47. The molecule has 4 N–H and O–H groups in total. The number of likely N-dealkylation sites (tertiary alicyclic amines) is 1. The van der Waals surface area contributed by atoms with E-state index < -0.39 is 42.5 Å². The van der Waals surface area contributed by atoms with Gasteiger partial charge < -0.3 is 21.1 Å². The minimum Gasteiger partial charge on any atom is -0.370 e. The fraction of sp³-hybridized carbons (Fsp3) is 0.680. The Morgan fingerprint density at radius 2 is 1.89 bits per heavy atom. The highest BCUT2D eigenvalue weighted by molar-refractivity contribution is 5.90. The van der Waals surface area contributed by atoms with Gasteiger partial charge in [-0.1, -0.05) is 38.1 Å². The molecule has 10 heteroatoms. The maximum atomic E-state index is 13.8. The molecule has 1 aliphatic heterocycles. The van der Waals surface area contributed by atoms with Crippen LogP contribution in [0.25, 0.3) is 0 Å². The molecule has 1 heterocycles. The molecule has 1 aromatic carbocycles. The predicted molar refractivity (Wildman–Crippen MR) is 126 cm³/mol. The first kappa shape index (κ1) is 27.4. The van der Waals surface area contributed by atoms with Crippen LogP contribution >= 0.6 is 0 Å². The zero-order valence-electron chi connectivity index (χ0n) is 20.6. The molecular weight excluding hydrogens is 461 g/mol. The topological polar surface area (TPSA) is 98.9 Å². The lowest BCUT2D eigenvalue weighted by molar-refractivity contribution is -0.259. The van der Waals surface area contributed by atoms with Crippen LogP contribution in [0.5, 0.6) is 0 Å². The van der Waals surface area contributed by atoms with Crippen molar-refractivity contribution in [3.8, 4) is 0 Å². The number of benzene rings is 1. The molecule has 7 nitrogen and oxygen atoms in total. The van der Waals surface area contributed by atoms with Gasteiger partial charge in [0.2, 0.25) is 18.0 Å². The molecule has 1 aliphatic carbocycles. The molecule has 1 unspecified atom stereocenters. The van der Waals surface area contributed by atoms with Gasteiger partial charge in [0.05, 0.1) is 6.04 Å². The van der Waals surface area contributed by atoms with Crippen molar-refractivity contribution >= 4 is 11.8 Å². The average molecular weight is 499 g/mol. The van der Waals surface area contributed by atoms with Crippen molar-refractivity contribution in [2.75, 3.05) is 13.1 Å².